The molecule has 2 amide bonds. The zero-order valence-electron chi connectivity index (χ0n) is 17.5. The fourth-order valence-electron chi connectivity index (χ4n) is 3.62. The molecule has 3 rings (SSSR count). The number of hydrogen-bond donors (Lipinski definition) is 3. The van der Waals surface area contributed by atoms with Crippen LogP contribution in [0.5, 0.6) is 17.2 Å². The number of aromatic hydroxyl groups is 3. The van der Waals surface area contributed by atoms with Gasteiger partial charge in [0.05, 0.1) is 32.0 Å². The number of nitrogens with zero attached hydrogens (tertiary/aromatic N) is 2. The summed E-state index contributed by atoms with van der Waals surface area (Å²) in [5.41, 5.74) is 0.935. The van der Waals surface area contributed by atoms with Gasteiger partial charge in [-0.3, -0.25) is 9.46 Å². The van der Waals surface area contributed by atoms with Gasteiger partial charge in [0, 0.05) is 17.8 Å². The Morgan fingerprint density at radius 1 is 1.00 bits per heavy atom. The lowest BCUT2D eigenvalue weighted by molar-refractivity contribution is 0.199. The van der Waals surface area contributed by atoms with Crippen molar-refractivity contribution in [1.82, 2.24) is 4.90 Å². The molecule has 9 nitrogen and oxygen atoms in total. The minimum Gasteiger partial charge on any atom is -0.504 e. The van der Waals surface area contributed by atoms with Gasteiger partial charge in [-0.2, -0.15) is 0 Å². The first kappa shape index (κ1) is 22.9. The maximum absolute atomic E-state index is 13.3. The van der Waals surface area contributed by atoms with Crippen molar-refractivity contribution in [3.05, 3.63) is 48.0 Å². The van der Waals surface area contributed by atoms with E-state index in [4.69, 9.17) is 9.05 Å². The third-order valence-corrected chi connectivity index (χ3v) is 7.11. The van der Waals surface area contributed by atoms with Gasteiger partial charge in [0.1, 0.15) is 0 Å². The largest absolute Gasteiger partial charge is 0.504 e. The van der Waals surface area contributed by atoms with Gasteiger partial charge < -0.3 is 29.3 Å². The van der Waals surface area contributed by atoms with Gasteiger partial charge >= 0.3 is 13.6 Å². The van der Waals surface area contributed by atoms with Crippen molar-refractivity contribution < 1.29 is 33.7 Å². The van der Waals surface area contributed by atoms with Gasteiger partial charge in [0.25, 0.3) is 0 Å². The van der Waals surface area contributed by atoms with Crippen LogP contribution in [0.25, 0.3) is 0 Å². The molecule has 0 aliphatic carbocycles. The van der Waals surface area contributed by atoms with E-state index in [1.165, 1.54) is 17.0 Å². The topological polar surface area (TPSA) is 120 Å². The van der Waals surface area contributed by atoms with Crippen LogP contribution < -0.4 is 4.90 Å². The maximum Gasteiger partial charge on any atom is 0.332 e. The third kappa shape index (κ3) is 4.79. The summed E-state index contributed by atoms with van der Waals surface area (Å²) in [4.78, 5) is 16.3. The zero-order valence-corrected chi connectivity index (χ0v) is 18.4. The Hall–Kier alpha value is -2.74. The summed E-state index contributed by atoms with van der Waals surface area (Å²) in [6.07, 6.45) is -0.0234. The van der Waals surface area contributed by atoms with Crippen LogP contribution in [0.15, 0.2) is 42.5 Å². The lowest BCUT2D eigenvalue weighted by atomic mass is 10.0. The highest BCUT2D eigenvalue weighted by atomic mass is 31.2. The van der Waals surface area contributed by atoms with Crippen molar-refractivity contribution in [2.75, 3.05) is 37.4 Å². The fraction of sp³-hybridized carbons (Fsp3) is 0.381. The molecule has 1 saturated heterocycles. The molecule has 3 N–H and O–H groups in total. The lowest BCUT2D eigenvalue weighted by Crippen LogP contribution is -2.34. The molecule has 1 heterocycles. The predicted octanol–water partition coefficient (Wildman–Crippen LogP) is 4.05. The minimum atomic E-state index is -3.40. The number of carbonyl (C=O) groups excluding carboxylic acids is 1. The molecule has 1 aliphatic heterocycles. The van der Waals surface area contributed by atoms with Crippen LogP contribution in [0.4, 0.5) is 10.5 Å². The molecule has 0 aromatic heterocycles. The molecule has 0 radical (unpaired) electrons. The van der Waals surface area contributed by atoms with Crippen molar-refractivity contribution in [3.63, 3.8) is 0 Å². The molecule has 1 unspecified atom stereocenters. The van der Waals surface area contributed by atoms with Gasteiger partial charge in [0.15, 0.2) is 11.5 Å². The van der Waals surface area contributed by atoms with E-state index < -0.39 is 30.9 Å². The summed E-state index contributed by atoms with van der Waals surface area (Å²) in [5.74, 6) is -1.62. The highest BCUT2D eigenvalue weighted by Crippen LogP contribution is 2.49. The Labute approximate surface area is 181 Å². The zero-order chi connectivity index (χ0) is 22.6. The predicted molar refractivity (Wildman–Crippen MR) is 116 cm³/mol. The molecule has 10 heteroatoms. The van der Waals surface area contributed by atoms with Gasteiger partial charge in [-0.15, -0.1) is 0 Å². The standard InChI is InChI=1S/C21H27N2O7P/c1-3-29-31(28,30-4-2)13-12-22-17(16-10-11-18(24)20(26)19(16)25)14-23(21(22)27)15-8-6-5-7-9-15/h5-11,17,24-26H,3-4,12-14H2,1-2H3. The Morgan fingerprint density at radius 3 is 2.26 bits per heavy atom. The van der Waals surface area contributed by atoms with E-state index in [0.717, 1.165) is 0 Å². The summed E-state index contributed by atoms with van der Waals surface area (Å²) in [6.45, 7) is 4.07. The van der Waals surface area contributed by atoms with Crippen molar-refractivity contribution in [1.29, 1.82) is 0 Å². The van der Waals surface area contributed by atoms with Gasteiger partial charge in [-0.25, -0.2) is 4.79 Å². The molecule has 0 saturated carbocycles. The smallest absolute Gasteiger partial charge is 0.332 e. The second-order valence-corrected chi connectivity index (χ2v) is 9.16. The summed E-state index contributed by atoms with van der Waals surface area (Å²) in [6, 6.07) is 10.7. The maximum atomic E-state index is 13.3. The Balaban J connectivity index is 1.95. The van der Waals surface area contributed by atoms with E-state index in [9.17, 15) is 24.7 Å². The minimum absolute atomic E-state index is 0.0234. The summed E-state index contributed by atoms with van der Waals surface area (Å²) in [7, 11) is -3.40. The van der Waals surface area contributed by atoms with E-state index in [1.54, 1.807) is 30.9 Å². The summed E-state index contributed by atoms with van der Waals surface area (Å²) >= 11 is 0. The number of rotatable bonds is 9. The molecular formula is C21H27N2O7P. The average Bonchev–Trinajstić information content (AvgIpc) is 3.08. The number of hydrogen-bond acceptors (Lipinski definition) is 7. The summed E-state index contributed by atoms with van der Waals surface area (Å²) < 4.78 is 23.6. The molecule has 0 bridgehead atoms. The molecule has 2 aromatic rings. The van der Waals surface area contributed by atoms with Crippen LogP contribution >= 0.6 is 7.60 Å². The second kappa shape index (κ2) is 9.60. The Bertz CT molecular complexity index is 960. The van der Waals surface area contributed by atoms with E-state index >= 15 is 0 Å². The van der Waals surface area contributed by atoms with Gasteiger partial charge in [-0.05, 0) is 38.1 Å². The number of amides is 2. The monoisotopic (exact) mass is 450 g/mol. The third-order valence-electron chi connectivity index (χ3n) is 5.06. The molecule has 1 fully saturated rings. The van der Waals surface area contributed by atoms with Gasteiger partial charge in [-0.1, -0.05) is 18.2 Å². The van der Waals surface area contributed by atoms with Crippen LogP contribution in [-0.4, -0.2) is 58.7 Å². The van der Waals surface area contributed by atoms with Crippen molar-refractivity contribution in [3.8, 4) is 17.2 Å². The highest BCUT2D eigenvalue weighted by molar-refractivity contribution is 7.53. The first-order chi connectivity index (χ1) is 14.8. The first-order valence-electron chi connectivity index (χ1n) is 10.1. The molecule has 1 aliphatic rings. The second-order valence-electron chi connectivity index (χ2n) is 6.98. The SMILES string of the molecule is CCOP(=O)(CCN1C(=O)N(c2ccccc2)CC1c1ccc(O)c(O)c1O)OCC. The Morgan fingerprint density at radius 2 is 1.65 bits per heavy atom. The van der Waals surface area contributed by atoms with E-state index in [-0.39, 0.29) is 44.1 Å². The van der Waals surface area contributed by atoms with Crippen molar-refractivity contribution in [2.45, 2.75) is 19.9 Å². The molecule has 1 atom stereocenters. The molecular weight excluding hydrogens is 423 g/mol. The normalized spacial score (nSPS) is 16.8. The van der Waals surface area contributed by atoms with Crippen LogP contribution in [0.2, 0.25) is 0 Å². The van der Waals surface area contributed by atoms with Crippen LogP contribution in [-0.2, 0) is 13.6 Å². The average molecular weight is 450 g/mol. The van der Waals surface area contributed by atoms with E-state index in [0.29, 0.717) is 5.69 Å². The fourth-order valence-corrected chi connectivity index (χ4v) is 5.20. The van der Waals surface area contributed by atoms with E-state index in [1.807, 2.05) is 18.2 Å². The van der Waals surface area contributed by atoms with Crippen molar-refractivity contribution >= 4 is 19.3 Å². The molecule has 2 aromatic carbocycles. The first-order valence-corrected chi connectivity index (χ1v) is 11.8. The highest BCUT2D eigenvalue weighted by Gasteiger charge is 2.41. The van der Waals surface area contributed by atoms with Crippen LogP contribution in [0.3, 0.4) is 0 Å². The number of carbonyl (C=O) groups is 1. The Kier molecular flexibility index (Phi) is 7.10. The molecule has 168 valence electrons. The number of phenolic OH excluding ortho intramolecular Hbond substituents is 3. The van der Waals surface area contributed by atoms with E-state index in [2.05, 4.69) is 0 Å². The van der Waals surface area contributed by atoms with Gasteiger partial charge in [0.2, 0.25) is 5.75 Å². The molecule has 0 spiro atoms. The molecule has 31 heavy (non-hydrogen) atoms. The number of phenols is 3. The number of urea groups is 1. The van der Waals surface area contributed by atoms with Crippen molar-refractivity contribution in [2.24, 2.45) is 0 Å². The van der Waals surface area contributed by atoms with Crippen LogP contribution in [0.1, 0.15) is 25.5 Å². The quantitative estimate of drug-likeness (QED) is 0.389. The lowest BCUT2D eigenvalue weighted by Gasteiger charge is -2.26. The van der Waals surface area contributed by atoms with Crippen LogP contribution in [0, 0.1) is 0 Å². The number of para-hydroxylation sites is 1. The number of benzene rings is 2. The summed E-state index contributed by atoms with van der Waals surface area (Å²) in [5, 5.41) is 30.1. The number of anilines is 1.